The molecule has 1 atom stereocenters. The summed E-state index contributed by atoms with van der Waals surface area (Å²) in [6.45, 7) is 7.25. The molecule has 0 aliphatic rings. The highest BCUT2D eigenvalue weighted by Gasteiger charge is 2.22. The van der Waals surface area contributed by atoms with E-state index >= 15 is 0 Å². The number of nitriles is 1. The van der Waals surface area contributed by atoms with Gasteiger partial charge in [-0.05, 0) is 39.8 Å². The maximum Gasteiger partial charge on any atom is 0.319 e. The fourth-order valence-corrected chi connectivity index (χ4v) is 1.98. The summed E-state index contributed by atoms with van der Waals surface area (Å²) in [6.07, 6.45) is 1.56. The second-order valence-electron chi connectivity index (χ2n) is 4.79. The van der Waals surface area contributed by atoms with Crippen LogP contribution in [-0.4, -0.2) is 21.8 Å². The van der Waals surface area contributed by atoms with Crippen molar-refractivity contribution in [3.8, 4) is 6.07 Å². The Bertz CT molecular complexity index is 475. The van der Waals surface area contributed by atoms with Gasteiger partial charge in [-0.15, -0.1) is 0 Å². The van der Waals surface area contributed by atoms with Crippen molar-refractivity contribution in [2.24, 2.45) is 0 Å². The first-order chi connectivity index (χ1) is 8.31. The number of carbonyl (C=O) groups excluding carboxylic acids is 1. The van der Waals surface area contributed by atoms with E-state index < -0.39 is 5.60 Å². The maximum absolute atomic E-state index is 11.8. The third-order valence-electron chi connectivity index (χ3n) is 1.90. The predicted molar refractivity (Wildman–Crippen MR) is 70.1 cm³/mol. The van der Waals surface area contributed by atoms with Gasteiger partial charge < -0.3 is 4.74 Å². The SMILES string of the molecule is CC(Sc1cc(C#N)ccn1)C(=O)OC(C)(C)C. The van der Waals surface area contributed by atoms with Gasteiger partial charge in [0, 0.05) is 6.20 Å². The van der Waals surface area contributed by atoms with Crippen molar-refractivity contribution in [2.45, 2.75) is 43.6 Å². The molecule has 0 spiro atoms. The molecule has 0 aliphatic carbocycles. The lowest BCUT2D eigenvalue weighted by atomic mass is 10.2. The van der Waals surface area contributed by atoms with Gasteiger partial charge in [0.1, 0.15) is 10.9 Å². The standard InChI is InChI=1S/C13H16N2O2S/c1-9(12(16)17-13(2,3)4)18-11-7-10(8-14)5-6-15-11/h5-7,9H,1-4H3. The van der Waals surface area contributed by atoms with Crippen LogP contribution in [-0.2, 0) is 9.53 Å². The average molecular weight is 264 g/mol. The molecule has 0 radical (unpaired) electrons. The van der Waals surface area contributed by atoms with E-state index in [0.717, 1.165) is 0 Å². The molecular formula is C13H16N2O2S. The lowest BCUT2D eigenvalue weighted by Crippen LogP contribution is -2.28. The van der Waals surface area contributed by atoms with Crippen LogP contribution in [0.5, 0.6) is 0 Å². The average Bonchev–Trinajstić information content (AvgIpc) is 2.27. The van der Waals surface area contributed by atoms with Crippen LogP contribution >= 0.6 is 11.8 Å². The molecule has 18 heavy (non-hydrogen) atoms. The summed E-state index contributed by atoms with van der Waals surface area (Å²) >= 11 is 1.29. The van der Waals surface area contributed by atoms with Crippen LogP contribution in [0.25, 0.3) is 0 Å². The fourth-order valence-electron chi connectivity index (χ4n) is 1.16. The second-order valence-corrected chi connectivity index (χ2v) is 6.15. The summed E-state index contributed by atoms with van der Waals surface area (Å²) in [6, 6.07) is 5.32. The van der Waals surface area contributed by atoms with Crippen LogP contribution in [0.1, 0.15) is 33.3 Å². The highest BCUT2D eigenvalue weighted by molar-refractivity contribution is 8.00. The molecule has 0 aliphatic heterocycles. The third kappa shape index (κ3) is 4.76. The largest absolute Gasteiger partial charge is 0.459 e. The quantitative estimate of drug-likeness (QED) is 0.620. The first kappa shape index (κ1) is 14.5. The molecule has 4 nitrogen and oxygen atoms in total. The molecular weight excluding hydrogens is 248 g/mol. The second kappa shape index (κ2) is 5.87. The molecule has 5 heteroatoms. The zero-order valence-corrected chi connectivity index (χ0v) is 11.7. The first-order valence-electron chi connectivity index (χ1n) is 5.57. The van der Waals surface area contributed by atoms with Crippen molar-refractivity contribution in [3.63, 3.8) is 0 Å². The van der Waals surface area contributed by atoms with E-state index in [-0.39, 0.29) is 11.2 Å². The molecule has 0 bridgehead atoms. The smallest absolute Gasteiger partial charge is 0.319 e. The molecule has 1 aromatic heterocycles. The number of rotatable bonds is 3. The number of carbonyl (C=O) groups is 1. The van der Waals surface area contributed by atoms with Crippen LogP contribution in [0.15, 0.2) is 23.4 Å². The van der Waals surface area contributed by atoms with Crippen molar-refractivity contribution in [3.05, 3.63) is 23.9 Å². The van der Waals surface area contributed by atoms with Gasteiger partial charge in [-0.25, -0.2) is 4.98 Å². The summed E-state index contributed by atoms with van der Waals surface area (Å²) in [5, 5.41) is 9.07. The Kier molecular flexibility index (Phi) is 4.74. The van der Waals surface area contributed by atoms with E-state index in [2.05, 4.69) is 4.98 Å². The molecule has 1 heterocycles. The Morgan fingerprint density at radius 3 is 2.78 bits per heavy atom. The van der Waals surface area contributed by atoms with E-state index in [4.69, 9.17) is 10.00 Å². The highest BCUT2D eigenvalue weighted by Crippen LogP contribution is 2.24. The van der Waals surface area contributed by atoms with Gasteiger partial charge in [-0.1, -0.05) is 11.8 Å². The molecule has 0 saturated heterocycles. The Morgan fingerprint density at radius 1 is 1.56 bits per heavy atom. The van der Waals surface area contributed by atoms with E-state index in [0.29, 0.717) is 10.6 Å². The number of aromatic nitrogens is 1. The minimum atomic E-state index is -0.492. The van der Waals surface area contributed by atoms with Crippen LogP contribution < -0.4 is 0 Å². The molecule has 0 saturated carbocycles. The van der Waals surface area contributed by atoms with Crippen LogP contribution in [0.3, 0.4) is 0 Å². The fraction of sp³-hybridized carbons (Fsp3) is 0.462. The minimum absolute atomic E-state index is 0.281. The van der Waals surface area contributed by atoms with E-state index in [9.17, 15) is 4.79 Å². The number of nitrogens with zero attached hydrogens (tertiary/aromatic N) is 2. The number of pyridine rings is 1. The Morgan fingerprint density at radius 2 is 2.22 bits per heavy atom. The van der Waals surface area contributed by atoms with Gasteiger partial charge in [0.25, 0.3) is 0 Å². The predicted octanol–water partition coefficient (Wildman–Crippen LogP) is 2.78. The summed E-state index contributed by atoms with van der Waals surface area (Å²) in [7, 11) is 0. The molecule has 1 aromatic rings. The van der Waals surface area contributed by atoms with Crippen molar-refractivity contribution >= 4 is 17.7 Å². The molecule has 1 unspecified atom stereocenters. The van der Waals surface area contributed by atoms with Crippen molar-refractivity contribution < 1.29 is 9.53 Å². The molecule has 96 valence electrons. The Balaban J connectivity index is 2.67. The van der Waals surface area contributed by atoms with Gasteiger partial charge in [0.05, 0.1) is 16.7 Å². The molecule has 0 N–H and O–H groups in total. The zero-order chi connectivity index (χ0) is 13.8. The number of ether oxygens (including phenoxy) is 1. The zero-order valence-electron chi connectivity index (χ0n) is 10.9. The molecule has 0 fully saturated rings. The van der Waals surface area contributed by atoms with Crippen molar-refractivity contribution in [2.75, 3.05) is 0 Å². The summed E-state index contributed by atoms with van der Waals surface area (Å²) in [5.74, 6) is -0.281. The van der Waals surface area contributed by atoms with Gasteiger partial charge in [0.2, 0.25) is 0 Å². The van der Waals surface area contributed by atoms with Crippen molar-refractivity contribution in [1.29, 1.82) is 5.26 Å². The summed E-state index contributed by atoms with van der Waals surface area (Å²) in [4.78, 5) is 15.9. The maximum atomic E-state index is 11.8. The lowest BCUT2D eigenvalue weighted by Gasteiger charge is -2.21. The monoisotopic (exact) mass is 264 g/mol. The van der Waals surface area contributed by atoms with Gasteiger partial charge >= 0.3 is 5.97 Å². The molecule has 1 rings (SSSR count). The van der Waals surface area contributed by atoms with E-state index in [1.54, 1.807) is 25.3 Å². The van der Waals surface area contributed by atoms with Crippen LogP contribution in [0.2, 0.25) is 0 Å². The van der Waals surface area contributed by atoms with Crippen LogP contribution in [0.4, 0.5) is 0 Å². The summed E-state index contributed by atoms with van der Waals surface area (Å²) < 4.78 is 5.28. The van der Waals surface area contributed by atoms with E-state index in [1.807, 2.05) is 26.8 Å². The van der Waals surface area contributed by atoms with Gasteiger partial charge in [-0.2, -0.15) is 5.26 Å². The Labute approximate surface area is 111 Å². The highest BCUT2D eigenvalue weighted by atomic mass is 32.2. The molecule has 0 aromatic carbocycles. The van der Waals surface area contributed by atoms with Crippen LogP contribution in [0, 0.1) is 11.3 Å². The number of thioether (sulfide) groups is 1. The normalized spacial score (nSPS) is 12.6. The van der Waals surface area contributed by atoms with E-state index in [1.165, 1.54) is 11.8 Å². The lowest BCUT2D eigenvalue weighted by molar-refractivity contribution is -0.153. The topological polar surface area (TPSA) is 63.0 Å². The Hall–Kier alpha value is -1.54. The van der Waals surface area contributed by atoms with Crippen molar-refractivity contribution in [1.82, 2.24) is 4.98 Å². The minimum Gasteiger partial charge on any atom is -0.459 e. The number of esters is 1. The van der Waals surface area contributed by atoms with Gasteiger partial charge in [0.15, 0.2) is 0 Å². The first-order valence-corrected chi connectivity index (χ1v) is 6.45. The van der Waals surface area contributed by atoms with Gasteiger partial charge in [-0.3, -0.25) is 4.79 Å². The third-order valence-corrected chi connectivity index (χ3v) is 2.91. The number of hydrogen-bond donors (Lipinski definition) is 0. The number of hydrogen-bond acceptors (Lipinski definition) is 5. The summed E-state index contributed by atoms with van der Waals surface area (Å²) in [5.41, 5.74) is 0.0392. The molecule has 0 amide bonds.